The van der Waals surface area contributed by atoms with E-state index in [1.165, 1.54) is 6.92 Å². The van der Waals surface area contributed by atoms with Crippen LogP contribution in [0.1, 0.15) is 25.0 Å². The number of rotatable bonds is 6. The van der Waals surface area contributed by atoms with Crippen molar-refractivity contribution in [2.75, 3.05) is 26.2 Å². The molecule has 22 heavy (non-hydrogen) atoms. The molecule has 1 aromatic carbocycles. The molecular weight excluding hydrogens is 282 g/mol. The minimum atomic E-state index is -0.218. The van der Waals surface area contributed by atoms with Crippen molar-refractivity contribution in [3.63, 3.8) is 0 Å². The number of nitrogens with one attached hydrogen (secondary N) is 3. The van der Waals surface area contributed by atoms with Crippen LogP contribution in [-0.4, -0.2) is 38.2 Å². The van der Waals surface area contributed by atoms with Crippen LogP contribution >= 0.6 is 0 Å². The number of hydrogen-bond acceptors (Lipinski definition) is 3. The Bertz CT molecular complexity index is 493. The molecule has 1 saturated heterocycles. The maximum atomic E-state index is 11.7. The van der Waals surface area contributed by atoms with E-state index in [2.05, 4.69) is 28.1 Å². The molecule has 2 atom stereocenters. The van der Waals surface area contributed by atoms with Gasteiger partial charge in [-0.2, -0.15) is 0 Å². The van der Waals surface area contributed by atoms with Gasteiger partial charge in [0.25, 0.3) is 0 Å². The van der Waals surface area contributed by atoms with Crippen LogP contribution in [0, 0.1) is 5.92 Å². The largest absolute Gasteiger partial charge is 0.373 e. The van der Waals surface area contributed by atoms with Gasteiger partial charge in [-0.1, -0.05) is 30.3 Å². The highest BCUT2D eigenvalue weighted by molar-refractivity contribution is 5.74. The summed E-state index contributed by atoms with van der Waals surface area (Å²) < 4.78 is 5.79. The molecule has 1 aliphatic heterocycles. The summed E-state index contributed by atoms with van der Waals surface area (Å²) in [5.74, 6) is 0.180. The molecule has 0 unspecified atom stereocenters. The van der Waals surface area contributed by atoms with E-state index in [-0.39, 0.29) is 24.0 Å². The molecule has 0 aliphatic carbocycles. The number of benzene rings is 1. The van der Waals surface area contributed by atoms with Crippen molar-refractivity contribution in [3.8, 4) is 0 Å². The van der Waals surface area contributed by atoms with Crippen molar-refractivity contribution in [2.24, 2.45) is 5.92 Å². The van der Waals surface area contributed by atoms with Gasteiger partial charge < -0.3 is 20.7 Å². The molecule has 1 fully saturated rings. The first-order chi connectivity index (χ1) is 10.7. The molecule has 0 aromatic heterocycles. The van der Waals surface area contributed by atoms with Gasteiger partial charge >= 0.3 is 6.03 Å². The normalized spacial score (nSPS) is 20.4. The number of urea groups is 1. The van der Waals surface area contributed by atoms with E-state index in [1.54, 1.807) is 0 Å². The Morgan fingerprint density at radius 1 is 1.14 bits per heavy atom. The maximum Gasteiger partial charge on any atom is 0.314 e. The van der Waals surface area contributed by atoms with Crippen LogP contribution < -0.4 is 16.0 Å². The topological polar surface area (TPSA) is 79.5 Å². The maximum absolute atomic E-state index is 11.7. The highest BCUT2D eigenvalue weighted by atomic mass is 16.5. The molecule has 1 aliphatic rings. The van der Waals surface area contributed by atoms with E-state index in [1.807, 2.05) is 18.2 Å². The van der Waals surface area contributed by atoms with Gasteiger partial charge in [0.15, 0.2) is 0 Å². The fourth-order valence-corrected chi connectivity index (χ4v) is 2.55. The van der Waals surface area contributed by atoms with Crippen molar-refractivity contribution >= 4 is 11.9 Å². The van der Waals surface area contributed by atoms with Crippen molar-refractivity contribution < 1.29 is 14.3 Å². The molecule has 3 N–H and O–H groups in total. The van der Waals surface area contributed by atoms with Crippen LogP contribution in [0.2, 0.25) is 0 Å². The fraction of sp³-hybridized carbons (Fsp3) is 0.500. The summed E-state index contributed by atoms with van der Waals surface area (Å²) in [6.07, 6.45) is 0.979. The fourth-order valence-electron chi connectivity index (χ4n) is 2.55. The number of carbonyl (C=O) groups excluding carboxylic acids is 2. The summed E-state index contributed by atoms with van der Waals surface area (Å²) in [5, 5.41) is 8.21. The highest BCUT2D eigenvalue weighted by Gasteiger charge is 2.29. The third-order valence-electron chi connectivity index (χ3n) is 3.65. The lowest BCUT2D eigenvalue weighted by Crippen LogP contribution is -2.41. The first-order valence-electron chi connectivity index (χ1n) is 7.59. The van der Waals surface area contributed by atoms with Crippen molar-refractivity contribution in [1.82, 2.24) is 16.0 Å². The third kappa shape index (κ3) is 5.04. The number of amides is 3. The summed E-state index contributed by atoms with van der Waals surface area (Å²) in [4.78, 5) is 22.4. The molecule has 120 valence electrons. The summed E-state index contributed by atoms with van der Waals surface area (Å²) in [5.41, 5.74) is 1.15. The lowest BCUT2D eigenvalue weighted by molar-refractivity contribution is -0.118. The van der Waals surface area contributed by atoms with Crippen LogP contribution in [0.5, 0.6) is 0 Å². The van der Waals surface area contributed by atoms with Crippen LogP contribution in [0.4, 0.5) is 4.79 Å². The lowest BCUT2D eigenvalue weighted by Gasteiger charge is -2.19. The zero-order chi connectivity index (χ0) is 15.8. The first-order valence-corrected chi connectivity index (χ1v) is 7.59. The Morgan fingerprint density at radius 3 is 2.59 bits per heavy atom. The van der Waals surface area contributed by atoms with Gasteiger partial charge in [0, 0.05) is 39.1 Å². The van der Waals surface area contributed by atoms with E-state index >= 15 is 0 Å². The van der Waals surface area contributed by atoms with Crippen LogP contribution in [0.3, 0.4) is 0 Å². The van der Waals surface area contributed by atoms with Crippen LogP contribution in [0.25, 0.3) is 0 Å². The zero-order valence-corrected chi connectivity index (χ0v) is 12.8. The standard InChI is InChI=1S/C16H23N3O3/c1-12(20)17-8-9-18-16(21)19-11-14-7-10-22-15(14)13-5-3-2-4-6-13/h2-6,14-15H,7-11H2,1H3,(H,17,20)(H2,18,19,21)/t14-,15-/m1/s1. The second kappa shape index (κ2) is 8.38. The molecule has 6 heteroatoms. The molecule has 0 radical (unpaired) electrons. The van der Waals surface area contributed by atoms with Crippen molar-refractivity contribution in [1.29, 1.82) is 0 Å². The number of hydrogen-bond donors (Lipinski definition) is 3. The smallest absolute Gasteiger partial charge is 0.314 e. The quantitative estimate of drug-likeness (QED) is 0.691. The molecule has 0 saturated carbocycles. The van der Waals surface area contributed by atoms with E-state index < -0.39 is 0 Å². The second-order valence-corrected chi connectivity index (χ2v) is 5.37. The Kier molecular flexibility index (Phi) is 6.21. The molecule has 2 rings (SSSR count). The molecule has 1 aromatic rings. The Morgan fingerprint density at radius 2 is 1.86 bits per heavy atom. The predicted octanol–water partition coefficient (Wildman–Crippen LogP) is 1.20. The third-order valence-corrected chi connectivity index (χ3v) is 3.65. The molecular formula is C16H23N3O3. The van der Waals surface area contributed by atoms with Gasteiger partial charge in [-0.05, 0) is 12.0 Å². The minimum Gasteiger partial charge on any atom is -0.373 e. The average Bonchev–Trinajstić information content (AvgIpc) is 2.99. The van der Waals surface area contributed by atoms with Crippen molar-refractivity contribution in [2.45, 2.75) is 19.4 Å². The molecule has 3 amide bonds. The van der Waals surface area contributed by atoms with Crippen LogP contribution in [0.15, 0.2) is 30.3 Å². The lowest BCUT2D eigenvalue weighted by atomic mass is 9.95. The monoisotopic (exact) mass is 305 g/mol. The molecule has 1 heterocycles. The van der Waals surface area contributed by atoms with E-state index in [9.17, 15) is 9.59 Å². The van der Waals surface area contributed by atoms with E-state index in [0.717, 1.165) is 18.6 Å². The number of ether oxygens (including phenoxy) is 1. The summed E-state index contributed by atoms with van der Waals surface area (Å²) >= 11 is 0. The molecule has 0 spiro atoms. The molecule has 6 nitrogen and oxygen atoms in total. The first kappa shape index (κ1) is 16.3. The van der Waals surface area contributed by atoms with Gasteiger partial charge in [-0.15, -0.1) is 0 Å². The van der Waals surface area contributed by atoms with Gasteiger partial charge in [-0.25, -0.2) is 4.79 Å². The Balaban J connectivity index is 1.71. The summed E-state index contributed by atoms with van der Waals surface area (Å²) in [6.45, 7) is 3.59. The minimum absolute atomic E-state index is 0.0425. The van der Waals surface area contributed by atoms with Gasteiger partial charge in [0.1, 0.15) is 0 Å². The Labute approximate surface area is 130 Å². The van der Waals surface area contributed by atoms with Crippen molar-refractivity contribution in [3.05, 3.63) is 35.9 Å². The molecule has 0 bridgehead atoms. The average molecular weight is 305 g/mol. The van der Waals surface area contributed by atoms with Gasteiger partial charge in [-0.3, -0.25) is 4.79 Å². The SMILES string of the molecule is CC(=O)NCCNC(=O)NC[C@H]1CCO[C@@H]1c1ccccc1. The summed E-state index contributed by atoms with van der Waals surface area (Å²) in [7, 11) is 0. The highest BCUT2D eigenvalue weighted by Crippen LogP contribution is 2.33. The number of carbonyl (C=O) groups is 2. The predicted molar refractivity (Wildman–Crippen MR) is 83.3 cm³/mol. The summed E-state index contributed by atoms with van der Waals surface area (Å²) in [6, 6.07) is 9.86. The van der Waals surface area contributed by atoms with E-state index in [0.29, 0.717) is 19.6 Å². The van der Waals surface area contributed by atoms with Crippen LogP contribution in [-0.2, 0) is 9.53 Å². The van der Waals surface area contributed by atoms with E-state index in [4.69, 9.17) is 4.74 Å². The van der Waals surface area contributed by atoms with Gasteiger partial charge in [0.05, 0.1) is 6.10 Å². The second-order valence-electron chi connectivity index (χ2n) is 5.37. The zero-order valence-electron chi connectivity index (χ0n) is 12.8. The Hall–Kier alpha value is -2.08. The van der Waals surface area contributed by atoms with Gasteiger partial charge in [0.2, 0.25) is 5.91 Å².